The SMILES string of the molecule is CCCNC(=O)CN(C)Cc1cc(C(C)C)c(C)cc1O. The molecule has 1 amide bonds. The smallest absolute Gasteiger partial charge is 0.234 e. The van der Waals surface area contributed by atoms with E-state index in [0.29, 0.717) is 31.3 Å². The lowest BCUT2D eigenvalue weighted by molar-refractivity contribution is -0.122. The largest absolute Gasteiger partial charge is 0.508 e. The normalized spacial score (nSPS) is 11.2. The van der Waals surface area contributed by atoms with E-state index in [-0.39, 0.29) is 5.91 Å². The molecule has 0 saturated carbocycles. The molecule has 1 rings (SSSR count). The molecule has 118 valence electrons. The van der Waals surface area contributed by atoms with Gasteiger partial charge in [0, 0.05) is 18.7 Å². The highest BCUT2D eigenvalue weighted by molar-refractivity contribution is 5.77. The van der Waals surface area contributed by atoms with Gasteiger partial charge in [-0.3, -0.25) is 9.69 Å². The summed E-state index contributed by atoms with van der Waals surface area (Å²) in [5.41, 5.74) is 3.22. The first kappa shape index (κ1) is 17.5. The molecule has 0 aliphatic carbocycles. The zero-order valence-corrected chi connectivity index (χ0v) is 13.9. The fraction of sp³-hybridized carbons (Fsp3) is 0.588. The third-order valence-electron chi connectivity index (χ3n) is 3.52. The van der Waals surface area contributed by atoms with Crippen LogP contribution in [0, 0.1) is 6.92 Å². The van der Waals surface area contributed by atoms with Gasteiger partial charge >= 0.3 is 0 Å². The maximum atomic E-state index is 11.7. The van der Waals surface area contributed by atoms with Crippen molar-refractivity contribution in [2.24, 2.45) is 0 Å². The average Bonchev–Trinajstić information content (AvgIpc) is 2.39. The highest BCUT2D eigenvalue weighted by Crippen LogP contribution is 2.27. The molecule has 0 aliphatic heterocycles. The summed E-state index contributed by atoms with van der Waals surface area (Å²) in [7, 11) is 1.89. The molecule has 0 saturated heterocycles. The summed E-state index contributed by atoms with van der Waals surface area (Å²) >= 11 is 0. The van der Waals surface area contributed by atoms with Crippen LogP contribution >= 0.6 is 0 Å². The van der Waals surface area contributed by atoms with E-state index in [1.54, 1.807) is 0 Å². The Balaban J connectivity index is 2.73. The molecule has 0 heterocycles. The Labute approximate surface area is 128 Å². The first-order valence-corrected chi connectivity index (χ1v) is 7.62. The Kier molecular flexibility index (Phi) is 6.69. The summed E-state index contributed by atoms with van der Waals surface area (Å²) in [5, 5.41) is 13.0. The number of likely N-dealkylation sites (N-methyl/N-ethyl adjacent to an activating group) is 1. The van der Waals surface area contributed by atoms with Crippen LogP contribution in [0.3, 0.4) is 0 Å². The molecule has 4 heteroatoms. The van der Waals surface area contributed by atoms with Gasteiger partial charge in [-0.1, -0.05) is 26.8 Å². The van der Waals surface area contributed by atoms with Gasteiger partial charge in [0.25, 0.3) is 0 Å². The van der Waals surface area contributed by atoms with Crippen molar-refractivity contribution in [2.75, 3.05) is 20.1 Å². The lowest BCUT2D eigenvalue weighted by Gasteiger charge is -2.19. The molecule has 0 unspecified atom stereocenters. The molecule has 0 aliphatic rings. The van der Waals surface area contributed by atoms with E-state index in [1.807, 2.05) is 31.9 Å². The molecule has 0 atom stereocenters. The number of amides is 1. The summed E-state index contributed by atoms with van der Waals surface area (Å²) in [6.45, 7) is 9.94. The molecule has 1 aromatic rings. The lowest BCUT2D eigenvalue weighted by atomic mass is 9.95. The zero-order chi connectivity index (χ0) is 16.0. The molecular weight excluding hydrogens is 264 g/mol. The maximum absolute atomic E-state index is 11.7. The number of hydrogen-bond donors (Lipinski definition) is 2. The molecule has 21 heavy (non-hydrogen) atoms. The summed E-state index contributed by atoms with van der Waals surface area (Å²) in [4.78, 5) is 13.6. The van der Waals surface area contributed by atoms with Crippen molar-refractivity contribution < 1.29 is 9.90 Å². The number of phenols is 1. The Bertz CT molecular complexity index is 484. The molecule has 0 spiro atoms. The Morgan fingerprint density at radius 1 is 1.38 bits per heavy atom. The monoisotopic (exact) mass is 292 g/mol. The van der Waals surface area contributed by atoms with Crippen molar-refractivity contribution in [3.05, 3.63) is 28.8 Å². The van der Waals surface area contributed by atoms with Crippen LogP contribution in [-0.4, -0.2) is 36.1 Å². The number of rotatable bonds is 7. The summed E-state index contributed by atoms with van der Waals surface area (Å²) in [6.07, 6.45) is 0.936. The van der Waals surface area contributed by atoms with Crippen LogP contribution in [0.2, 0.25) is 0 Å². The van der Waals surface area contributed by atoms with E-state index in [4.69, 9.17) is 0 Å². The first-order chi connectivity index (χ1) is 9.85. The van der Waals surface area contributed by atoms with E-state index in [0.717, 1.165) is 17.5 Å². The number of nitrogens with zero attached hydrogens (tertiary/aromatic N) is 1. The van der Waals surface area contributed by atoms with Crippen molar-refractivity contribution in [2.45, 2.75) is 46.6 Å². The fourth-order valence-electron chi connectivity index (χ4n) is 2.42. The van der Waals surface area contributed by atoms with Gasteiger partial charge in [0.15, 0.2) is 0 Å². The van der Waals surface area contributed by atoms with Crippen LogP contribution in [0.1, 0.15) is 49.8 Å². The van der Waals surface area contributed by atoms with Gasteiger partial charge in [-0.05, 0) is 43.5 Å². The second-order valence-corrected chi connectivity index (χ2v) is 6.01. The molecule has 1 aromatic carbocycles. The number of phenolic OH excluding ortho intramolecular Hbond substituents is 1. The maximum Gasteiger partial charge on any atom is 0.234 e. The van der Waals surface area contributed by atoms with Crippen LogP contribution in [0.4, 0.5) is 0 Å². The number of carbonyl (C=O) groups excluding carboxylic acids is 1. The Morgan fingerprint density at radius 2 is 2.05 bits per heavy atom. The third kappa shape index (κ3) is 5.38. The van der Waals surface area contributed by atoms with Crippen LogP contribution in [0.25, 0.3) is 0 Å². The van der Waals surface area contributed by atoms with Crippen molar-refractivity contribution in [3.63, 3.8) is 0 Å². The second-order valence-electron chi connectivity index (χ2n) is 6.01. The van der Waals surface area contributed by atoms with Crippen LogP contribution in [-0.2, 0) is 11.3 Å². The number of carbonyl (C=O) groups is 1. The van der Waals surface area contributed by atoms with Gasteiger partial charge in [-0.2, -0.15) is 0 Å². The molecule has 0 radical (unpaired) electrons. The highest BCUT2D eigenvalue weighted by Gasteiger charge is 2.12. The van der Waals surface area contributed by atoms with Crippen molar-refractivity contribution in [3.8, 4) is 5.75 Å². The summed E-state index contributed by atoms with van der Waals surface area (Å²) in [6, 6.07) is 3.87. The van der Waals surface area contributed by atoms with E-state index < -0.39 is 0 Å². The molecule has 0 fully saturated rings. The van der Waals surface area contributed by atoms with E-state index >= 15 is 0 Å². The average molecular weight is 292 g/mol. The van der Waals surface area contributed by atoms with E-state index in [2.05, 4.69) is 25.2 Å². The number of benzene rings is 1. The van der Waals surface area contributed by atoms with Crippen molar-refractivity contribution in [1.82, 2.24) is 10.2 Å². The molecule has 2 N–H and O–H groups in total. The van der Waals surface area contributed by atoms with Gasteiger partial charge in [0.05, 0.1) is 6.54 Å². The van der Waals surface area contributed by atoms with Gasteiger partial charge in [0.1, 0.15) is 5.75 Å². The molecule has 4 nitrogen and oxygen atoms in total. The minimum Gasteiger partial charge on any atom is -0.508 e. The van der Waals surface area contributed by atoms with Crippen molar-refractivity contribution >= 4 is 5.91 Å². The zero-order valence-electron chi connectivity index (χ0n) is 13.9. The minimum absolute atomic E-state index is 0.0232. The van der Waals surface area contributed by atoms with Gasteiger partial charge in [0.2, 0.25) is 5.91 Å². The number of aromatic hydroxyl groups is 1. The predicted molar refractivity (Wildman–Crippen MR) is 86.6 cm³/mol. The van der Waals surface area contributed by atoms with Gasteiger partial charge in [-0.15, -0.1) is 0 Å². The molecule has 0 aromatic heterocycles. The number of aryl methyl sites for hydroxylation is 1. The minimum atomic E-state index is 0.0232. The van der Waals surface area contributed by atoms with Gasteiger partial charge in [-0.25, -0.2) is 0 Å². The van der Waals surface area contributed by atoms with Gasteiger partial charge < -0.3 is 10.4 Å². The topological polar surface area (TPSA) is 52.6 Å². The quantitative estimate of drug-likeness (QED) is 0.812. The van der Waals surface area contributed by atoms with E-state index in [9.17, 15) is 9.90 Å². The number of nitrogens with one attached hydrogen (secondary N) is 1. The predicted octanol–water partition coefficient (Wildman–Crippen LogP) is 2.78. The molecule has 0 bridgehead atoms. The lowest BCUT2D eigenvalue weighted by Crippen LogP contribution is -2.35. The molecular formula is C17H28N2O2. The van der Waals surface area contributed by atoms with Crippen LogP contribution in [0.5, 0.6) is 5.75 Å². The first-order valence-electron chi connectivity index (χ1n) is 7.62. The van der Waals surface area contributed by atoms with Crippen molar-refractivity contribution in [1.29, 1.82) is 0 Å². The highest BCUT2D eigenvalue weighted by atomic mass is 16.3. The van der Waals surface area contributed by atoms with Crippen LogP contribution < -0.4 is 5.32 Å². The standard InChI is InChI=1S/C17H28N2O2/c1-6-7-18-17(21)11-19(5)10-14-9-15(12(2)3)13(4)8-16(14)20/h8-9,12,20H,6-7,10-11H2,1-5H3,(H,18,21). The third-order valence-corrected chi connectivity index (χ3v) is 3.52. The number of hydrogen-bond acceptors (Lipinski definition) is 3. The summed E-state index contributed by atoms with van der Waals surface area (Å²) < 4.78 is 0. The Morgan fingerprint density at radius 3 is 2.62 bits per heavy atom. The van der Waals surface area contributed by atoms with Crippen LogP contribution in [0.15, 0.2) is 12.1 Å². The Hall–Kier alpha value is -1.55. The second kappa shape index (κ2) is 8.03. The van der Waals surface area contributed by atoms with E-state index in [1.165, 1.54) is 5.56 Å². The fourth-order valence-corrected chi connectivity index (χ4v) is 2.42. The summed E-state index contributed by atoms with van der Waals surface area (Å²) in [5.74, 6) is 0.746.